The highest BCUT2D eigenvalue weighted by atomic mass is 19.1. The number of ether oxygens (including phenoxy) is 1. The third kappa shape index (κ3) is 3.77. The summed E-state index contributed by atoms with van der Waals surface area (Å²) in [6, 6.07) is 3.16. The van der Waals surface area contributed by atoms with E-state index in [1.54, 1.807) is 0 Å². The molecule has 1 aliphatic carbocycles. The predicted molar refractivity (Wildman–Crippen MR) is 71.6 cm³/mol. The maximum Gasteiger partial charge on any atom is 0.344 e. The standard InChI is InChI=1S/C15H17F2NO3/c1-9(14(19)18-10-5-2-3-6-10)21-15(20)13-11(16)7-4-8-12(13)17/h4,7-10H,2-3,5-6H2,1H3,(H,18,19)/t9-/m0/s1. The smallest absolute Gasteiger partial charge is 0.344 e. The van der Waals surface area contributed by atoms with Crippen molar-refractivity contribution in [3.8, 4) is 0 Å². The van der Waals surface area contributed by atoms with E-state index < -0.39 is 35.2 Å². The second kappa shape index (κ2) is 6.65. The lowest BCUT2D eigenvalue weighted by molar-refractivity contribution is -0.129. The highest BCUT2D eigenvalue weighted by Gasteiger charge is 2.26. The molecule has 1 amide bonds. The van der Waals surface area contributed by atoms with Crippen molar-refractivity contribution < 1.29 is 23.1 Å². The van der Waals surface area contributed by atoms with E-state index in [9.17, 15) is 18.4 Å². The minimum absolute atomic E-state index is 0.0869. The summed E-state index contributed by atoms with van der Waals surface area (Å²) in [5.74, 6) is -3.65. The number of benzene rings is 1. The molecule has 21 heavy (non-hydrogen) atoms. The van der Waals surface area contributed by atoms with Crippen LogP contribution in [-0.2, 0) is 9.53 Å². The van der Waals surface area contributed by atoms with Crippen LogP contribution in [-0.4, -0.2) is 24.0 Å². The Labute approximate surface area is 121 Å². The lowest BCUT2D eigenvalue weighted by atomic mass is 10.2. The van der Waals surface area contributed by atoms with Gasteiger partial charge in [-0.15, -0.1) is 0 Å². The molecule has 0 radical (unpaired) electrons. The van der Waals surface area contributed by atoms with Gasteiger partial charge in [-0.3, -0.25) is 4.79 Å². The van der Waals surface area contributed by atoms with Gasteiger partial charge in [-0.05, 0) is 31.9 Å². The Kier molecular flexibility index (Phi) is 4.88. The molecule has 0 unspecified atom stereocenters. The van der Waals surface area contributed by atoms with E-state index in [0.29, 0.717) is 0 Å². The molecule has 1 atom stereocenters. The molecule has 0 aliphatic heterocycles. The summed E-state index contributed by atoms with van der Waals surface area (Å²) in [7, 11) is 0. The van der Waals surface area contributed by atoms with Gasteiger partial charge in [0.15, 0.2) is 6.10 Å². The third-order valence-electron chi connectivity index (χ3n) is 3.52. The molecule has 6 heteroatoms. The number of rotatable bonds is 4. The largest absolute Gasteiger partial charge is 0.449 e. The summed E-state index contributed by atoms with van der Waals surface area (Å²) in [4.78, 5) is 23.6. The van der Waals surface area contributed by atoms with E-state index in [1.807, 2.05) is 0 Å². The third-order valence-corrected chi connectivity index (χ3v) is 3.52. The van der Waals surface area contributed by atoms with E-state index in [2.05, 4.69) is 5.32 Å². The number of esters is 1. The quantitative estimate of drug-likeness (QED) is 0.869. The monoisotopic (exact) mass is 297 g/mol. The molecule has 1 fully saturated rings. The Balaban J connectivity index is 1.96. The van der Waals surface area contributed by atoms with E-state index in [0.717, 1.165) is 43.9 Å². The Hall–Kier alpha value is -1.98. The van der Waals surface area contributed by atoms with Gasteiger partial charge in [0.25, 0.3) is 5.91 Å². The van der Waals surface area contributed by atoms with Gasteiger partial charge in [-0.25, -0.2) is 13.6 Å². The van der Waals surface area contributed by atoms with Crippen molar-refractivity contribution in [2.24, 2.45) is 0 Å². The molecule has 4 nitrogen and oxygen atoms in total. The van der Waals surface area contributed by atoms with Crippen molar-refractivity contribution in [2.75, 3.05) is 0 Å². The summed E-state index contributed by atoms with van der Waals surface area (Å²) in [5.41, 5.74) is -0.780. The average Bonchev–Trinajstić information content (AvgIpc) is 2.91. The molecule has 0 saturated heterocycles. The van der Waals surface area contributed by atoms with Gasteiger partial charge in [0.05, 0.1) is 0 Å². The first-order valence-electron chi connectivity index (χ1n) is 6.94. The van der Waals surface area contributed by atoms with Gasteiger partial charge < -0.3 is 10.1 Å². The molecule has 1 aromatic carbocycles. The Morgan fingerprint density at radius 1 is 1.24 bits per heavy atom. The van der Waals surface area contributed by atoms with Crippen molar-refractivity contribution in [1.29, 1.82) is 0 Å². The fourth-order valence-corrected chi connectivity index (χ4v) is 2.35. The van der Waals surface area contributed by atoms with Crippen LogP contribution >= 0.6 is 0 Å². The molecule has 0 spiro atoms. The van der Waals surface area contributed by atoms with Gasteiger partial charge in [-0.1, -0.05) is 18.9 Å². The summed E-state index contributed by atoms with van der Waals surface area (Å²) in [6.45, 7) is 1.38. The number of hydrogen-bond donors (Lipinski definition) is 1. The van der Waals surface area contributed by atoms with Crippen LogP contribution in [0.5, 0.6) is 0 Å². The van der Waals surface area contributed by atoms with Crippen LogP contribution in [0.15, 0.2) is 18.2 Å². The van der Waals surface area contributed by atoms with Crippen molar-refractivity contribution in [1.82, 2.24) is 5.32 Å². The molecule has 1 aromatic rings. The van der Waals surface area contributed by atoms with Crippen molar-refractivity contribution in [2.45, 2.75) is 44.8 Å². The van der Waals surface area contributed by atoms with Crippen LogP contribution in [0.2, 0.25) is 0 Å². The molecule has 114 valence electrons. The SMILES string of the molecule is C[C@H](OC(=O)c1c(F)cccc1F)C(=O)NC1CCCC1. The lowest BCUT2D eigenvalue weighted by Crippen LogP contribution is -2.41. The van der Waals surface area contributed by atoms with Gasteiger partial charge in [0.2, 0.25) is 0 Å². The minimum Gasteiger partial charge on any atom is -0.449 e. The molecule has 0 bridgehead atoms. The van der Waals surface area contributed by atoms with E-state index in [4.69, 9.17) is 4.74 Å². The highest BCUT2D eigenvalue weighted by Crippen LogP contribution is 2.18. The van der Waals surface area contributed by atoms with Gasteiger partial charge in [-0.2, -0.15) is 0 Å². The number of hydrogen-bond acceptors (Lipinski definition) is 3. The fourth-order valence-electron chi connectivity index (χ4n) is 2.35. The Bertz CT molecular complexity index is 521. The first-order valence-corrected chi connectivity index (χ1v) is 6.94. The zero-order valence-corrected chi connectivity index (χ0v) is 11.7. The maximum absolute atomic E-state index is 13.4. The molecule has 1 N–H and O–H groups in total. The first-order chi connectivity index (χ1) is 9.99. The zero-order valence-electron chi connectivity index (χ0n) is 11.7. The van der Waals surface area contributed by atoms with Gasteiger partial charge >= 0.3 is 5.97 Å². The summed E-state index contributed by atoms with van der Waals surface area (Å²) in [6.07, 6.45) is 2.80. The van der Waals surface area contributed by atoms with Crippen LogP contribution in [0.1, 0.15) is 43.0 Å². The van der Waals surface area contributed by atoms with Crippen molar-refractivity contribution in [3.05, 3.63) is 35.4 Å². The number of carbonyl (C=O) groups excluding carboxylic acids is 2. The molecule has 0 aromatic heterocycles. The highest BCUT2D eigenvalue weighted by molar-refractivity contribution is 5.92. The fraction of sp³-hybridized carbons (Fsp3) is 0.467. The van der Waals surface area contributed by atoms with Gasteiger partial charge in [0, 0.05) is 6.04 Å². The molecular weight excluding hydrogens is 280 g/mol. The maximum atomic E-state index is 13.4. The van der Waals surface area contributed by atoms with Crippen LogP contribution in [0, 0.1) is 11.6 Å². The van der Waals surface area contributed by atoms with E-state index in [1.165, 1.54) is 6.92 Å². The normalized spacial score (nSPS) is 16.5. The number of nitrogens with one attached hydrogen (secondary N) is 1. The number of halogens is 2. The van der Waals surface area contributed by atoms with Crippen LogP contribution < -0.4 is 5.32 Å². The van der Waals surface area contributed by atoms with Crippen molar-refractivity contribution in [3.63, 3.8) is 0 Å². The topological polar surface area (TPSA) is 55.4 Å². The second-order valence-corrected chi connectivity index (χ2v) is 5.13. The van der Waals surface area contributed by atoms with Gasteiger partial charge in [0.1, 0.15) is 17.2 Å². The van der Waals surface area contributed by atoms with E-state index in [-0.39, 0.29) is 6.04 Å². The van der Waals surface area contributed by atoms with E-state index >= 15 is 0 Å². The predicted octanol–water partition coefficient (Wildman–Crippen LogP) is 2.57. The Morgan fingerprint density at radius 2 is 1.81 bits per heavy atom. The summed E-state index contributed by atoms with van der Waals surface area (Å²) >= 11 is 0. The zero-order chi connectivity index (χ0) is 15.4. The summed E-state index contributed by atoms with van der Waals surface area (Å²) < 4.78 is 31.7. The molecule has 1 saturated carbocycles. The van der Waals surface area contributed by atoms with Crippen LogP contribution in [0.25, 0.3) is 0 Å². The molecule has 0 heterocycles. The van der Waals surface area contributed by atoms with Crippen molar-refractivity contribution >= 4 is 11.9 Å². The second-order valence-electron chi connectivity index (χ2n) is 5.13. The molecule has 2 rings (SSSR count). The summed E-state index contributed by atoms with van der Waals surface area (Å²) in [5, 5.41) is 2.76. The molecule has 1 aliphatic rings. The average molecular weight is 297 g/mol. The minimum atomic E-state index is -1.18. The lowest BCUT2D eigenvalue weighted by Gasteiger charge is -2.17. The first kappa shape index (κ1) is 15.4. The number of carbonyl (C=O) groups is 2. The Morgan fingerprint density at radius 3 is 2.38 bits per heavy atom. The van der Waals surface area contributed by atoms with Crippen LogP contribution in [0.4, 0.5) is 8.78 Å². The molecular formula is C15H17F2NO3. The van der Waals surface area contributed by atoms with Crippen LogP contribution in [0.3, 0.4) is 0 Å². The number of amides is 1.